The molecule has 2 aliphatic heterocycles. The molecular formula is C24H28FN5O2. The van der Waals surface area contributed by atoms with Crippen LogP contribution < -0.4 is 5.73 Å². The van der Waals surface area contributed by atoms with E-state index in [9.17, 15) is 9.18 Å². The Balaban J connectivity index is 1.13. The molecule has 5 rings (SSSR count). The highest BCUT2D eigenvalue weighted by Crippen LogP contribution is 2.33. The van der Waals surface area contributed by atoms with Crippen LogP contribution in [0.15, 0.2) is 41.1 Å². The Bertz CT molecular complexity index is 1100. The fourth-order valence-corrected chi connectivity index (χ4v) is 5.05. The molecule has 0 saturated carbocycles. The lowest BCUT2D eigenvalue weighted by Gasteiger charge is -2.37. The molecule has 8 heteroatoms. The maximum Gasteiger partial charge on any atom is 0.225 e. The third kappa shape index (κ3) is 4.32. The van der Waals surface area contributed by atoms with Crippen molar-refractivity contribution in [2.75, 3.05) is 31.9 Å². The lowest BCUT2D eigenvalue weighted by Crippen LogP contribution is -2.45. The van der Waals surface area contributed by atoms with Crippen LogP contribution in [0.1, 0.15) is 42.9 Å². The Morgan fingerprint density at radius 3 is 2.62 bits per heavy atom. The molecule has 2 N–H and O–H groups in total. The van der Waals surface area contributed by atoms with E-state index in [2.05, 4.69) is 15.0 Å². The molecule has 0 atom stereocenters. The second kappa shape index (κ2) is 8.86. The standard InChI is InChI=1S/C24H28FN5O2/c25-19-1-2-20-21(14-19)32-28-23(20)17-6-11-30(12-7-17)24(31)18-4-9-29(10-5-18)15-16-3-8-27-22(26)13-16/h1-3,8,13-14,17-18H,4-7,9-12,15H2,(H2,26,27). The maximum atomic E-state index is 13.4. The Hall–Kier alpha value is -3.00. The number of halogens is 1. The van der Waals surface area contributed by atoms with E-state index in [0.717, 1.165) is 75.1 Å². The number of nitrogens with zero attached hydrogens (tertiary/aromatic N) is 4. The van der Waals surface area contributed by atoms with Crippen LogP contribution in [-0.2, 0) is 11.3 Å². The van der Waals surface area contributed by atoms with Gasteiger partial charge in [0.05, 0.1) is 5.69 Å². The van der Waals surface area contributed by atoms with Crippen molar-refractivity contribution in [1.82, 2.24) is 19.9 Å². The van der Waals surface area contributed by atoms with Crippen LogP contribution in [0.4, 0.5) is 10.2 Å². The van der Waals surface area contributed by atoms with Crippen molar-refractivity contribution in [3.05, 3.63) is 53.6 Å². The van der Waals surface area contributed by atoms with E-state index in [4.69, 9.17) is 10.3 Å². The van der Waals surface area contributed by atoms with Crippen LogP contribution in [0.3, 0.4) is 0 Å². The molecule has 4 heterocycles. The topological polar surface area (TPSA) is 88.5 Å². The molecule has 2 aromatic heterocycles. The van der Waals surface area contributed by atoms with Crippen LogP contribution in [0.5, 0.6) is 0 Å². The summed E-state index contributed by atoms with van der Waals surface area (Å²) in [6.45, 7) is 4.13. The summed E-state index contributed by atoms with van der Waals surface area (Å²) in [5.74, 6) is 0.836. The largest absolute Gasteiger partial charge is 0.384 e. The van der Waals surface area contributed by atoms with Gasteiger partial charge in [-0.05, 0) is 68.6 Å². The lowest BCUT2D eigenvalue weighted by molar-refractivity contribution is -0.138. The summed E-state index contributed by atoms with van der Waals surface area (Å²) in [4.78, 5) is 21.6. The number of nitrogen functional groups attached to an aromatic ring is 1. The number of likely N-dealkylation sites (tertiary alicyclic amines) is 2. The zero-order valence-electron chi connectivity index (χ0n) is 18.0. The number of rotatable bonds is 4. The number of pyridine rings is 1. The summed E-state index contributed by atoms with van der Waals surface area (Å²) in [7, 11) is 0. The molecule has 2 saturated heterocycles. The molecule has 0 unspecified atom stereocenters. The Labute approximate surface area is 186 Å². The van der Waals surface area contributed by atoms with Crippen molar-refractivity contribution >= 4 is 22.7 Å². The van der Waals surface area contributed by atoms with E-state index in [1.165, 1.54) is 12.1 Å². The van der Waals surface area contributed by atoms with Crippen LogP contribution in [-0.4, -0.2) is 52.0 Å². The van der Waals surface area contributed by atoms with Crippen molar-refractivity contribution in [3.63, 3.8) is 0 Å². The molecule has 2 fully saturated rings. The quantitative estimate of drug-likeness (QED) is 0.671. The summed E-state index contributed by atoms with van der Waals surface area (Å²) in [6.07, 6.45) is 5.22. The molecular weight excluding hydrogens is 409 g/mol. The van der Waals surface area contributed by atoms with Gasteiger partial charge < -0.3 is 15.2 Å². The van der Waals surface area contributed by atoms with Crippen molar-refractivity contribution < 1.29 is 13.7 Å². The van der Waals surface area contributed by atoms with E-state index < -0.39 is 0 Å². The second-order valence-corrected chi connectivity index (χ2v) is 8.95. The number of hydrogen-bond acceptors (Lipinski definition) is 6. The number of fused-ring (bicyclic) bond motifs is 1. The van der Waals surface area contributed by atoms with Crippen LogP contribution in [0, 0.1) is 11.7 Å². The summed E-state index contributed by atoms with van der Waals surface area (Å²) in [5, 5.41) is 5.08. The number of piperidine rings is 2. The third-order valence-electron chi connectivity index (χ3n) is 6.84. The number of nitrogens with two attached hydrogens (primary N) is 1. The van der Waals surface area contributed by atoms with Gasteiger partial charge >= 0.3 is 0 Å². The number of hydrogen-bond donors (Lipinski definition) is 1. The normalized spacial score (nSPS) is 19.0. The van der Waals surface area contributed by atoms with Crippen molar-refractivity contribution in [3.8, 4) is 0 Å². The molecule has 1 amide bonds. The van der Waals surface area contributed by atoms with Gasteiger partial charge in [0.1, 0.15) is 11.6 Å². The molecule has 1 aromatic carbocycles. The zero-order chi connectivity index (χ0) is 22.1. The average Bonchev–Trinajstić information content (AvgIpc) is 3.22. The predicted octanol–water partition coefficient (Wildman–Crippen LogP) is 3.56. The summed E-state index contributed by atoms with van der Waals surface area (Å²) < 4.78 is 18.7. The summed E-state index contributed by atoms with van der Waals surface area (Å²) >= 11 is 0. The van der Waals surface area contributed by atoms with E-state index in [-0.39, 0.29) is 23.6 Å². The van der Waals surface area contributed by atoms with Crippen LogP contribution in [0.2, 0.25) is 0 Å². The molecule has 0 radical (unpaired) electrons. The Morgan fingerprint density at radius 1 is 1.09 bits per heavy atom. The highest BCUT2D eigenvalue weighted by atomic mass is 19.1. The van der Waals surface area contributed by atoms with Gasteiger partial charge in [0, 0.05) is 49.1 Å². The van der Waals surface area contributed by atoms with Gasteiger partial charge in [-0.2, -0.15) is 0 Å². The number of carbonyl (C=O) groups excluding carboxylic acids is 1. The first-order chi connectivity index (χ1) is 15.6. The van der Waals surface area contributed by atoms with E-state index in [0.29, 0.717) is 11.4 Å². The first kappa shape index (κ1) is 20.9. The van der Waals surface area contributed by atoms with Gasteiger partial charge in [-0.3, -0.25) is 9.69 Å². The highest BCUT2D eigenvalue weighted by molar-refractivity contribution is 5.80. The first-order valence-corrected chi connectivity index (χ1v) is 11.3. The smallest absolute Gasteiger partial charge is 0.225 e. The number of carbonyl (C=O) groups is 1. The van der Waals surface area contributed by atoms with Gasteiger partial charge in [0.15, 0.2) is 5.58 Å². The minimum atomic E-state index is -0.323. The molecule has 32 heavy (non-hydrogen) atoms. The fourth-order valence-electron chi connectivity index (χ4n) is 5.05. The lowest BCUT2D eigenvalue weighted by atomic mass is 9.89. The number of amides is 1. The molecule has 0 spiro atoms. The van der Waals surface area contributed by atoms with Gasteiger partial charge in [0.2, 0.25) is 5.91 Å². The molecule has 0 bridgehead atoms. The molecule has 7 nitrogen and oxygen atoms in total. The summed E-state index contributed by atoms with van der Waals surface area (Å²) in [5.41, 5.74) is 8.31. The number of anilines is 1. The van der Waals surface area contributed by atoms with E-state index in [1.807, 2.05) is 17.0 Å². The fraction of sp³-hybridized carbons (Fsp3) is 0.458. The van der Waals surface area contributed by atoms with Crippen LogP contribution in [0.25, 0.3) is 11.0 Å². The van der Waals surface area contributed by atoms with Crippen LogP contribution >= 0.6 is 0 Å². The molecule has 0 aliphatic carbocycles. The van der Waals surface area contributed by atoms with E-state index >= 15 is 0 Å². The minimum absolute atomic E-state index is 0.0983. The van der Waals surface area contributed by atoms with Crippen molar-refractivity contribution in [2.45, 2.75) is 38.1 Å². The number of benzene rings is 1. The van der Waals surface area contributed by atoms with Crippen molar-refractivity contribution in [1.29, 1.82) is 0 Å². The Morgan fingerprint density at radius 2 is 1.88 bits per heavy atom. The minimum Gasteiger partial charge on any atom is -0.384 e. The second-order valence-electron chi connectivity index (χ2n) is 8.95. The molecule has 3 aromatic rings. The highest BCUT2D eigenvalue weighted by Gasteiger charge is 2.32. The number of aromatic nitrogens is 2. The third-order valence-corrected chi connectivity index (χ3v) is 6.84. The van der Waals surface area contributed by atoms with Gasteiger partial charge in [-0.25, -0.2) is 9.37 Å². The predicted molar refractivity (Wildman–Crippen MR) is 119 cm³/mol. The average molecular weight is 438 g/mol. The monoisotopic (exact) mass is 437 g/mol. The van der Waals surface area contributed by atoms with Gasteiger partial charge in [-0.1, -0.05) is 5.16 Å². The zero-order valence-corrected chi connectivity index (χ0v) is 18.0. The Kier molecular flexibility index (Phi) is 5.78. The SMILES string of the molecule is Nc1cc(CN2CCC(C(=O)N3CCC(c4noc5cc(F)ccc45)CC3)CC2)ccn1. The van der Waals surface area contributed by atoms with Gasteiger partial charge in [-0.15, -0.1) is 0 Å². The first-order valence-electron chi connectivity index (χ1n) is 11.3. The molecule has 168 valence electrons. The maximum absolute atomic E-state index is 13.4. The molecule has 2 aliphatic rings. The summed E-state index contributed by atoms with van der Waals surface area (Å²) in [6, 6.07) is 8.46. The van der Waals surface area contributed by atoms with E-state index in [1.54, 1.807) is 12.3 Å². The van der Waals surface area contributed by atoms with Crippen molar-refractivity contribution in [2.24, 2.45) is 5.92 Å². The van der Waals surface area contributed by atoms with Gasteiger partial charge in [0.25, 0.3) is 0 Å².